The maximum atomic E-state index is 11.2. The van der Waals surface area contributed by atoms with Gasteiger partial charge in [0.1, 0.15) is 6.04 Å². The fourth-order valence-electron chi connectivity index (χ4n) is 1.21. The van der Waals surface area contributed by atoms with E-state index in [-0.39, 0.29) is 5.91 Å². The summed E-state index contributed by atoms with van der Waals surface area (Å²) in [5.41, 5.74) is 0. The number of carbonyl (C=O) groups excluding carboxylic acids is 1. The molecular weight excluding hydrogens is 202 g/mol. The number of carboxylic acids is 2. The molecule has 3 N–H and O–H groups in total. The van der Waals surface area contributed by atoms with Crippen molar-refractivity contribution in [1.82, 2.24) is 5.32 Å². The van der Waals surface area contributed by atoms with Gasteiger partial charge in [-0.1, -0.05) is 0 Å². The van der Waals surface area contributed by atoms with E-state index >= 15 is 0 Å². The molecule has 0 heterocycles. The highest BCUT2D eigenvalue weighted by Gasteiger charge is 2.28. The maximum Gasteiger partial charge on any atom is 0.326 e. The summed E-state index contributed by atoms with van der Waals surface area (Å²) in [6, 6.07) is -1.33. The summed E-state index contributed by atoms with van der Waals surface area (Å²) in [6.45, 7) is 0. The number of rotatable bonds is 6. The van der Waals surface area contributed by atoms with Gasteiger partial charge in [-0.3, -0.25) is 9.59 Å². The SMILES string of the molecule is O=C(O)C[C@@H](NC(=O)CC1CC1)C(=O)O. The molecule has 1 aliphatic carbocycles. The molecule has 1 fully saturated rings. The van der Waals surface area contributed by atoms with Crippen LogP contribution in [-0.2, 0) is 14.4 Å². The molecular formula is C9H13NO5. The van der Waals surface area contributed by atoms with Gasteiger partial charge in [-0.15, -0.1) is 0 Å². The van der Waals surface area contributed by atoms with Gasteiger partial charge >= 0.3 is 11.9 Å². The highest BCUT2D eigenvalue weighted by Crippen LogP contribution is 2.32. The topological polar surface area (TPSA) is 104 Å². The Kier molecular flexibility index (Phi) is 3.65. The number of carboxylic acid groups (broad SMARTS) is 2. The monoisotopic (exact) mass is 215 g/mol. The van der Waals surface area contributed by atoms with Gasteiger partial charge in [0.05, 0.1) is 6.42 Å². The third-order valence-corrected chi connectivity index (χ3v) is 2.18. The van der Waals surface area contributed by atoms with Crippen molar-refractivity contribution in [3.05, 3.63) is 0 Å². The molecule has 0 spiro atoms. The zero-order valence-corrected chi connectivity index (χ0v) is 8.10. The van der Waals surface area contributed by atoms with E-state index in [1.807, 2.05) is 0 Å². The van der Waals surface area contributed by atoms with E-state index in [1.54, 1.807) is 0 Å². The molecule has 1 amide bonds. The Morgan fingerprint density at radius 2 is 1.87 bits per heavy atom. The number of aliphatic carboxylic acids is 2. The van der Waals surface area contributed by atoms with Crippen molar-refractivity contribution in [3.8, 4) is 0 Å². The van der Waals surface area contributed by atoms with Crippen LogP contribution >= 0.6 is 0 Å². The van der Waals surface area contributed by atoms with Crippen molar-refractivity contribution >= 4 is 17.8 Å². The molecule has 15 heavy (non-hydrogen) atoms. The van der Waals surface area contributed by atoms with E-state index in [0.29, 0.717) is 12.3 Å². The first kappa shape index (κ1) is 11.5. The summed E-state index contributed by atoms with van der Waals surface area (Å²) in [5, 5.41) is 19.3. The number of hydrogen-bond donors (Lipinski definition) is 3. The van der Waals surface area contributed by atoms with Crippen LogP contribution in [-0.4, -0.2) is 34.1 Å². The molecule has 6 heteroatoms. The lowest BCUT2D eigenvalue weighted by Crippen LogP contribution is -2.42. The molecule has 0 bridgehead atoms. The zero-order chi connectivity index (χ0) is 11.4. The third kappa shape index (κ3) is 4.44. The van der Waals surface area contributed by atoms with Gasteiger partial charge in [-0.2, -0.15) is 0 Å². The Morgan fingerprint density at radius 1 is 1.27 bits per heavy atom. The van der Waals surface area contributed by atoms with E-state index < -0.39 is 24.4 Å². The highest BCUT2D eigenvalue weighted by atomic mass is 16.4. The van der Waals surface area contributed by atoms with E-state index in [0.717, 1.165) is 12.8 Å². The molecule has 0 unspecified atom stereocenters. The lowest BCUT2D eigenvalue weighted by Gasteiger charge is -2.11. The molecule has 0 aromatic rings. The van der Waals surface area contributed by atoms with Crippen molar-refractivity contribution < 1.29 is 24.6 Å². The van der Waals surface area contributed by atoms with E-state index in [4.69, 9.17) is 10.2 Å². The zero-order valence-electron chi connectivity index (χ0n) is 8.10. The van der Waals surface area contributed by atoms with Gasteiger partial charge in [0, 0.05) is 6.42 Å². The van der Waals surface area contributed by atoms with Crippen molar-refractivity contribution in [2.24, 2.45) is 5.92 Å². The molecule has 0 aliphatic heterocycles. The Morgan fingerprint density at radius 3 is 2.27 bits per heavy atom. The average molecular weight is 215 g/mol. The van der Waals surface area contributed by atoms with Crippen LogP contribution < -0.4 is 5.32 Å². The van der Waals surface area contributed by atoms with E-state index in [1.165, 1.54) is 0 Å². The van der Waals surface area contributed by atoms with Crippen molar-refractivity contribution in [3.63, 3.8) is 0 Å². The summed E-state index contributed by atoms with van der Waals surface area (Å²) < 4.78 is 0. The number of amides is 1. The Labute approximate surface area is 86.3 Å². The van der Waals surface area contributed by atoms with E-state index in [9.17, 15) is 14.4 Å². The Hall–Kier alpha value is -1.59. The smallest absolute Gasteiger partial charge is 0.326 e. The summed E-state index contributed by atoms with van der Waals surface area (Å²) >= 11 is 0. The second-order valence-electron chi connectivity index (χ2n) is 3.70. The Balaban J connectivity index is 2.38. The summed E-state index contributed by atoms with van der Waals surface area (Å²) in [5.74, 6) is -2.59. The molecule has 1 saturated carbocycles. The van der Waals surface area contributed by atoms with Crippen LogP contribution in [0.1, 0.15) is 25.7 Å². The number of hydrogen-bond acceptors (Lipinski definition) is 3. The van der Waals surface area contributed by atoms with Gasteiger partial charge in [0.25, 0.3) is 0 Å². The lowest BCUT2D eigenvalue weighted by molar-refractivity contribution is -0.147. The van der Waals surface area contributed by atoms with Crippen LogP contribution in [0.3, 0.4) is 0 Å². The molecule has 0 saturated heterocycles. The number of nitrogens with one attached hydrogen (secondary N) is 1. The first-order valence-corrected chi connectivity index (χ1v) is 4.73. The molecule has 0 aromatic carbocycles. The standard InChI is InChI=1S/C9H13NO5/c11-7(3-5-1-2-5)10-6(9(14)15)4-8(12)13/h5-6H,1-4H2,(H,10,11)(H,12,13)(H,14,15)/t6-/m1/s1. The molecule has 0 radical (unpaired) electrons. The highest BCUT2D eigenvalue weighted by molar-refractivity contribution is 5.86. The fraction of sp³-hybridized carbons (Fsp3) is 0.667. The molecule has 0 aromatic heterocycles. The predicted octanol–water partition coefficient (Wildman–Crippen LogP) is -0.169. The number of carbonyl (C=O) groups is 3. The van der Waals surface area contributed by atoms with E-state index in [2.05, 4.69) is 5.32 Å². The molecule has 1 atom stereocenters. The molecule has 84 valence electrons. The van der Waals surface area contributed by atoms with Gasteiger partial charge in [-0.05, 0) is 18.8 Å². The van der Waals surface area contributed by atoms with Crippen molar-refractivity contribution in [2.45, 2.75) is 31.7 Å². The van der Waals surface area contributed by atoms with Crippen LogP contribution in [0.2, 0.25) is 0 Å². The quantitative estimate of drug-likeness (QED) is 0.570. The minimum absolute atomic E-state index is 0.295. The first-order chi connectivity index (χ1) is 6.99. The van der Waals surface area contributed by atoms with Gasteiger partial charge in [0.2, 0.25) is 5.91 Å². The average Bonchev–Trinajstić information content (AvgIpc) is 2.85. The maximum absolute atomic E-state index is 11.2. The first-order valence-electron chi connectivity index (χ1n) is 4.73. The largest absolute Gasteiger partial charge is 0.481 e. The van der Waals surface area contributed by atoms with Crippen molar-refractivity contribution in [2.75, 3.05) is 0 Å². The summed E-state index contributed by atoms with van der Waals surface area (Å²) in [7, 11) is 0. The minimum Gasteiger partial charge on any atom is -0.481 e. The third-order valence-electron chi connectivity index (χ3n) is 2.18. The predicted molar refractivity (Wildman–Crippen MR) is 49.2 cm³/mol. The summed E-state index contributed by atoms with van der Waals surface area (Å²) in [4.78, 5) is 32.1. The second kappa shape index (κ2) is 4.77. The van der Waals surface area contributed by atoms with Crippen LogP contribution in [0.4, 0.5) is 0 Å². The summed E-state index contributed by atoms with van der Waals surface area (Å²) in [6.07, 6.45) is 1.68. The van der Waals surface area contributed by atoms with Crippen LogP contribution in [0.15, 0.2) is 0 Å². The molecule has 1 rings (SSSR count). The molecule has 1 aliphatic rings. The van der Waals surface area contributed by atoms with Crippen LogP contribution in [0.5, 0.6) is 0 Å². The van der Waals surface area contributed by atoms with Crippen LogP contribution in [0.25, 0.3) is 0 Å². The van der Waals surface area contributed by atoms with Crippen molar-refractivity contribution in [1.29, 1.82) is 0 Å². The molecule has 6 nitrogen and oxygen atoms in total. The minimum atomic E-state index is -1.33. The lowest BCUT2D eigenvalue weighted by atomic mass is 10.2. The van der Waals surface area contributed by atoms with Gasteiger partial charge in [0.15, 0.2) is 0 Å². The Bertz CT molecular complexity index is 284. The van der Waals surface area contributed by atoms with Crippen LogP contribution in [0, 0.1) is 5.92 Å². The van der Waals surface area contributed by atoms with Gasteiger partial charge < -0.3 is 15.5 Å². The van der Waals surface area contributed by atoms with Gasteiger partial charge in [-0.25, -0.2) is 4.79 Å². The fourth-order valence-corrected chi connectivity index (χ4v) is 1.21. The normalized spacial score (nSPS) is 16.8. The second-order valence-corrected chi connectivity index (χ2v) is 3.70.